The summed E-state index contributed by atoms with van der Waals surface area (Å²) in [6.45, 7) is 3.64. The molecule has 0 atom stereocenters. The number of likely N-dealkylation sites (N-methyl/N-ethyl adjacent to an activating group) is 1. The molecule has 0 heterocycles. The molecule has 0 aromatic heterocycles. The van der Waals surface area contributed by atoms with Crippen LogP contribution in [0.25, 0.3) is 0 Å². The molecule has 0 saturated heterocycles. The number of hydrogen-bond donors (Lipinski definition) is 1. The van der Waals surface area contributed by atoms with Gasteiger partial charge in [-0.3, -0.25) is 9.59 Å². The monoisotopic (exact) mass is 360 g/mol. The van der Waals surface area contributed by atoms with Crippen LogP contribution in [-0.2, 0) is 9.59 Å². The van der Waals surface area contributed by atoms with Crippen molar-refractivity contribution in [2.45, 2.75) is 13.8 Å². The quantitative estimate of drug-likeness (QED) is 0.858. The van der Waals surface area contributed by atoms with E-state index >= 15 is 0 Å². The van der Waals surface area contributed by atoms with Gasteiger partial charge >= 0.3 is 0 Å². The van der Waals surface area contributed by atoms with Crippen molar-refractivity contribution in [2.24, 2.45) is 0 Å². The van der Waals surface area contributed by atoms with Crippen molar-refractivity contribution in [3.8, 4) is 5.75 Å². The number of hydrogen-bond acceptors (Lipinski definition) is 3. The smallest absolute Gasteiger partial charge is 0.260 e. The molecule has 0 aliphatic rings. The molecule has 2 aromatic rings. The van der Waals surface area contributed by atoms with Gasteiger partial charge in [0.1, 0.15) is 5.75 Å². The summed E-state index contributed by atoms with van der Waals surface area (Å²) < 4.78 is 5.51. The topological polar surface area (TPSA) is 58.6 Å². The van der Waals surface area contributed by atoms with E-state index in [0.29, 0.717) is 16.5 Å². The number of halogens is 1. The van der Waals surface area contributed by atoms with Crippen LogP contribution < -0.4 is 10.1 Å². The van der Waals surface area contributed by atoms with Gasteiger partial charge in [0.2, 0.25) is 5.91 Å². The van der Waals surface area contributed by atoms with Crippen LogP contribution >= 0.6 is 11.6 Å². The summed E-state index contributed by atoms with van der Waals surface area (Å²) in [6, 6.07) is 12.6. The standard InChI is InChI=1S/C19H21ClN2O3/c1-13-4-7-16(8-5-13)21-18(23)11-22(3)19(24)12-25-17-9-6-15(20)10-14(17)2/h4-10H,11-12H2,1-3H3,(H,21,23). The highest BCUT2D eigenvalue weighted by molar-refractivity contribution is 6.30. The van der Waals surface area contributed by atoms with Crippen LogP contribution in [0.3, 0.4) is 0 Å². The Morgan fingerprint density at radius 2 is 1.80 bits per heavy atom. The van der Waals surface area contributed by atoms with Gasteiger partial charge in [-0.1, -0.05) is 29.3 Å². The van der Waals surface area contributed by atoms with Gasteiger partial charge in [0.15, 0.2) is 6.61 Å². The molecule has 2 aromatic carbocycles. The highest BCUT2D eigenvalue weighted by Gasteiger charge is 2.14. The first kappa shape index (κ1) is 18.8. The van der Waals surface area contributed by atoms with Crippen molar-refractivity contribution in [2.75, 3.05) is 25.5 Å². The van der Waals surface area contributed by atoms with Crippen LogP contribution in [0, 0.1) is 13.8 Å². The van der Waals surface area contributed by atoms with E-state index < -0.39 is 0 Å². The molecule has 0 saturated carbocycles. The summed E-state index contributed by atoms with van der Waals surface area (Å²) in [6.07, 6.45) is 0. The number of carbonyl (C=O) groups excluding carboxylic acids is 2. The number of aryl methyl sites for hydroxylation is 2. The van der Waals surface area contributed by atoms with Crippen molar-refractivity contribution in [3.05, 3.63) is 58.6 Å². The maximum absolute atomic E-state index is 12.1. The maximum atomic E-state index is 12.1. The lowest BCUT2D eigenvalue weighted by molar-refractivity contribution is -0.135. The summed E-state index contributed by atoms with van der Waals surface area (Å²) in [5.41, 5.74) is 2.66. The Labute approximate surface area is 152 Å². The van der Waals surface area contributed by atoms with E-state index in [0.717, 1.165) is 11.1 Å². The van der Waals surface area contributed by atoms with Crippen LogP contribution in [0.1, 0.15) is 11.1 Å². The zero-order chi connectivity index (χ0) is 18.4. The number of carbonyl (C=O) groups is 2. The summed E-state index contributed by atoms with van der Waals surface area (Å²) in [5, 5.41) is 3.37. The molecule has 2 amide bonds. The van der Waals surface area contributed by atoms with Crippen molar-refractivity contribution < 1.29 is 14.3 Å². The molecule has 0 aliphatic heterocycles. The van der Waals surface area contributed by atoms with Gasteiger partial charge in [0.25, 0.3) is 5.91 Å². The summed E-state index contributed by atoms with van der Waals surface area (Å²) >= 11 is 5.89. The normalized spacial score (nSPS) is 10.2. The largest absolute Gasteiger partial charge is 0.483 e. The third-order valence-electron chi connectivity index (χ3n) is 3.63. The highest BCUT2D eigenvalue weighted by Crippen LogP contribution is 2.21. The molecule has 0 unspecified atom stereocenters. The molecule has 0 bridgehead atoms. The molecular weight excluding hydrogens is 340 g/mol. The predicted octanol–water partition coefficient (Wildman–Crippen LogP) is 3.43. The van der Waals surface area contributed by atoms with Crippen LogP contribution in [0.5, 0.6) is 5.75 Å². The van der Waals surface area contributed by atoms with E-state index in [1.165, 1.54) is 4.90 Å². The number of rotatable bonds is 6. The Kier molecular flexibility index (Phi) is 6.42. The minimum absolute atomic E-state index is 0.0460. The van der Waals surface area contributed by atoms with Crippen LogP contribution in [0.15, 0.2) is 42.5 Å². The van der Waals surface area contributed by atoms with E-state index in [4.69, 9.17) is 16.3 Å². The third kappa shape index (κ3) is 5.80. The fraction of sp³-hybridized carbons (Fsp3) is 0.263. The average Bonchev–Trinajstić information content (AvgIpc) is 2.55. The lowest BCUT2D eigenvalue weighted by atomic mass is 10.2. The van der Waals surface area contributed by atoms with E-state index in [9.17, 15) is 9.59 Å². The van der Waals surface area contributed by atoms with Gasteiger partial charge in [-0.25, -0.2) is 0 Å². The second kappa shape index (κ2) is 8.53. The van der Waals surface area contributed by atoms with Crippen molar-refractivity contribution in [3.63, 3.8) is 0 Å². The zero-order valence-corrected chi connectivity index (χ0v) is 15.3. The molecule has 132 valence electrons. The fourth-order valence-corrected chi connectivity index (χ4v) is 2.39. The van der Waals surface area contributed by atoms with Gasteiger partial charge in [0, 0.05) is 17.8 Å². The number of benzene rings is 2. The van der Waals surface area contributed by atoms with E-state index in [1.807, 2.05) is 38.1 Å². The lowest BCUT2D eigenvalue weighted by Crippen LogP contribution is -2.37. The van der Waals surface area contributed by atoms with Crippen LogP contribution in [0.2, 0.25) is 5.02 Å². The molecule has 0 aliphatic carbocycles. The van der Waals surface area contributed by atoms with Gasteiger partial charge < -0.3 is 15.0 Å². The first-order valence-corrected chi connectivity index (χ1v) is 8.22. The molecule has 0 fully saturated rings. The maximum Gasteiger partial charge on any atom is 0.260 e. The summed E-state index contributed by atoms with van der Waals surface area (Å²) in [4.78, 5) is 25.5. The molecule has 1 N–H and O–H groups in total. The summed E-state index contributed by atoms with van der Waals surface area (Å²) in [7, 11) is 1.56. The van der Waals surface area contributed by atoms with Crippen molar-refractivity contribution in [1.82, 2.24) is 4.90 Å². The number of ether oxygens (including phenoxy) is 1. The Morgan fingerprint density at radius 1 is 1.12 bits per heavy atom. The number of amides is 2. The second-order valence-electron chi connectivity index (χ2n) is 5.86. The Balaban J connectivity index is 1.82. The highest BCUT2D eigenvalue weighted by atomic mass is 35.5. The number of nitrogens with zero attached hydrogens (tertiary/aromatic N) is 1. The average molecular weight is 361 g/mol. The van der Waals surface area contributed by atoms with E-state index in [-0.39, 0.29) is 25.0 Å². The molecule has 6 heteroatoms. The van der Waals surface area contributed by atoms with Gasteiger partial charge in [-0.15, -0.1) is 0 Å². The minimum atomic E-state index is -0.284. The second-order valence-corrected chi connectivity index (χ2v) is 6.30. The first-order chi connectivity index (χ1) is 11.8. The van der Waals surface area contributed by atoms with Gasteiger partial charge in [0.05, 0.1) is 6.54 Å². The SMILES string of the molecule is Cc1ccc(NC(=O)CN(C)C(=O)COc2ccc(Cl)cc2C)cc1. The zero-order valence-electron chi connectivity index (χ0n) is 14.5. The first-order valence-electron chi connectivity index (χ1n) is 7.84. The molecule has 0 radical (unpaired) electrons. The van der Waals surface area contributed by atoms with E-state index in [2.05, 4.69) is 5.32 Å². The Morgan fingerprint density at radius 3 is 2.44 bits per heavy atom. The molecule has 2 rings (SSSR count). The Hall–Kier alpha value is -2.53. The number of nitrogens with one attached hydrogen (secondary N) is 1. The summed E-state index contributed by atoms with van der Waals surface area (Å²) in [5.74, 6) is 0.0473. The third-order valence-corrected chi connectivity index (χ3v) is 3.87. The molecule has 25 heavy (non-hydrogen) atoms. The van der Waals surface area contributed by atoms with Crippen LogP contribution in [0.4, 0.5) is 5.69 Å². The predicted molar refractivity (Wildman–Crippen MR) is 99.1 cm³/mol. The molecule has 5 nitrogen and oxygen atoms in total. The van der Waals surface area contributed by atoms with E-state index in [1.54, 1.807) is 25.2 Å². The van der Waals surface area contributed by atoms with Crippen LogP contribution in [-0.4, -0.2) is 36.9 Å². The molecular formula is C19H21ClN2O3. The fourth-order valence-electron chi connectivity index (χ4n) is 2.17. The Bertz CT molecular complexity index is 760. The minimum Gasteiger partial charge on any atom is -0.483 e. The number of anilines is 1. The van der Waals surface area contributed by atoms with Gasteiger partial charge in [-0.05, 0) is 49.7 Å². The van der Waals surface area contributed by atoms with Gasteiger partial charge in [-0.2, -0.15) is 0 Å². The van der Waals surface area contributed by atoms with Crippen molar-refractivity contribution in [1.29, 1.82) is 0 Å². The lowest BCUT2D eigenvalue weighted by Gasteiger charge is -2.17. The molecule has 0 spiro atoms. The van der Waals surface area contributed by atoms with Crippen molar-refractivity contribution >= 4 is 29.1 Å².